The van der Waals surface area contributed by atoms with Gasteiger partial charge >= 0.3 is 0 Å². The molecule has 0 aliphatic heterocycles. The van der Waals surface area contributed by atoms with Gasteiger partial charge in [-0.3, -0.25) is 4.90 Å². The summed E-state index contributed by atoms with van der Waals surface area (Å²) in [6.07, 6.45) is 0.501. The van der Waals surface area contributed by atoms with Crippen molar-refractivity contribution in [3.05, 3.63) is 29.3 Å². The minimum atomic E-state index is -1.38. The highest BCUT2D eigenvalue weighted by Gasteiger charge is 2.25. The molecule has 4 N–H and O–H groups in total. The molecule has 0 heterocycles. The van der Waals surface area contributed by atoms with Gasteiger partial charge in [-0.15, -0.1) is 0 Å². The van der Waals surface area contributed by atoms with Crippen molar-refractivity contribution in [1.82, 2.24) is 4.90 Å². The molecule has 3 atom stereocenters. The molecule has 0 saturated carbocycles. The largest absolute Gasteiger partial charge is 0.492 e. The van der Waals surface area contributed by atoms with E-state index in [0.717, 1.165) is 49.1 Å². The minimum absolute atomic E-state index is 0.203. The van der Waals surface area contributed by atoms with E-state index in [9.17, 15) is 15.3 Å². The van der Waals surface area contributed by atoms with Crippen LogP contribution in [0.5, 0.6) is 5.75 Å². The summed E-state index contributed by atoms with van der Waals surface area (Å²) >= 11 is 8.68. The van der Waals surface area contributed by atoms with Crippen molar-refractivity contribution >= 4 is 25.3 Å². The van der Waals surface area contributed by atoms with E-state index < -0.39 is 24.9 Å². The maximum atomic E-state index is 10.2. The Bertz CT molecular complexity index is 564. The predicted molar refractivity (Wildman–Crippen MR) is 123 cm³/mol. The molecule has 8 heteroatoms. The van der Waals surface area contributed by atoms with E-state index in [1.54, 1.807) is 0 Å². The van der Waals surface area contributed by atoms with Crippen molar-refractivity contribution in [2.75, 3.05) is 32.8 Å². The Balaban J connectivity index is 2.61. The van der Waals surface area contributed by atoms with Gasteiger partial charge in [0.15, 0.2) is 0 Å². The maximum Gasteiger partial charge on any atom is 0.119 e. The quantitative estimate of drug-likeness (QED) is 0.171. The smallest absolute Gasteiger partial charge is 0.119 e. The highest BCUT2D eigenvalue weighted by atomic mass is 32.1. The van der Waals surface area contributed by atoms with E-state index in [1.807, 2.05) is 23.1 Å². The Hall–Kier alpha value is -0.480. The average molecular weight is 448 g/mol. The van der Waals surface area contributed by atoms with Gasteiger partial charge in [0.2, 0.25) is 0 Å². The lowest BCUT2D eigenvalue weighted by Crippen LogP contribution is -2.46. The lowest BCUT2D eigenvalue weighted by molar-refractivity contribution is -0.0846. The summed E-state index contributed by atoms with van der Waals surface area (Å²) in [4.78, 5) is 2.02. The van der Waals surface area contributed by atoms with Crippen LogP contribution in [0.4, 0.5) is 0 Å². The molecular weight excluding hydrogens is 410 g/mol. The van der Waals surface area contributed by atoms with E-state index >= 15 is 0 Å². The van der Waals surface area contributed by atoms with Crippen LogP contribution < -0.4 is 4.74 Å². The fourth-order valence-corrected chi connectivity index (χ4v) is 3.68. The van der Waals surface area contributed by atoms with Crippen molar-refractivity contribution in [2.24, 2.45) is 0 Å². The number of benzene rings is 1. The third-order valence-electron chi connectivity index (χ3n) is 4.94. The molecule has 0 spiro atoms. The summed E-state index contributed by atoms with van der Waals surface area (Å²) in [6, 6.07) is 5.88. The van der Waals surface area contributed by atoms with Gasteiger partial charge in [-0.05, 0) is 36.2 Å². The van der Waals surface area contributed by atoms with E-state index in [-0.39, 0.29) is 6.54 Å². The SMILES string of the molecule is CCCCCCN(CCOc1ccc(CS)c(CS)c1)C[C@H](O)[C@@H](O)[C@H](O)CO. The normalized spacial score (nSPS) is 14.8. The van der Waals surface area contributed by atoms with Crippen LogP contribution in [-0.2, 0) is 11.5 Å². The molecule has 0 aliphatic carbocycles. The van der Waals surface area contributed by atoms with Gasteiger partial charge in [-0.1, -0.05) is 32.3 Å². The lowest BCUT2D eigenvalue weighted by Gasteiger charge is -2.28. The second kappa shape index (κ2) is 15.3. The zero-order chi connectivity index (χ0) is 21.6. The van der Waals surface area contributed by atoms with Crippen molar-refractivity contribution < 1.29 is 25.2 Å². The number of aliphatic hydroxyl groups excluding tert-OH is 4. The molecule has 0 fully saturated rings. The van der Waals surface area contributed by atoms with Gasteiger partial charge in [-0.2, -0.15) is 25.3 Å². The number of rotatable bonds is 16. The Labute approximate surface area is 185 Å². The van der Waals surface area contributed by atoms with Crippen LogP contribution >= 0.6 is 25.3 Å². The first-order valence-electron chi connectivity index (χ1n) is 10.3. The first-order chi connectivity index (χ1) is 14.0. The van der Waals surface area contributed by atoms with Crippen molar-refractivity contribution in [1.29, 1.82) is 0 Å². The molecule has 0 aromatic heterocycles. The first-order valence-corrected chi connectivity index (χ1v) is 11.6. The van der Waals surface area contributed by atoms with E-state index in [2.05, 4.69) is 32.2 Å². The molecule has 6 nitrogen and oxygen atoms in total. The second-order valence-electron chi connectivity index (χ2n) is 7.26. The first kappa shape index (κ1) is 26.6. The Morgan fingerprint density at radius 2 is 1.69 bits per heavy atom. The van der Waals surface area contributed by atoms with E-state index in [0.29, 0.717) is 24.7 Å². The van der Waals surface area contributed by atoms with E-state index in [4.69, 9.17) is 9.84 Å². The topological polar surface area (TPSA) is 93.4 Å². The molecule has 1 aromatic carbocycles. The summed E-state index contributed by atoms with van der Waals surface area (Å²) in [5.74, 6) is 2.04. The molecule has 0 radical (unpaired) electrons. The van der Waals surface area contributed by atoms with Crippen LogP contribution in [0.1, 0.15) is 43.7 Å². The van der Waals surface area contributed by atoms with Gasteiger partial charge < -0.3 is 25.2 Å². The van der Waals surface area contributed by atoms with Crippen LogP contribution in [0.2, 0.25) is 0 Å². The minimum Gasteiger partial charge on any atom is -0.492 e. The molecule has 0 saturated heterocycles. The molecule has 0 amide bonds. The summed E-state index contributed by atoms with van der Waals surface area (Å²) in [5.41, 5.74) is 2.22. The number of nitrogens with zero attached hydrogens (tertiary/aromatic N) is 1. The molecule has 1 rings (SSSR count). The van der Waals surface area contributed by atoms with Gasteiger partial charge in [-0.25, -0.2) is 0 Å². The zero-order valence-corrected chi connectivity index (χ0v) is 19.1. The molecule has 29 heavy (non-hydrogen) atoms. The second-order valence-corrected chi connectivity index (χ2v) is 7.90. The molecule has 0 unspecified atom stereocenters. The average Bonchev–Trinajstić information content (AvgIpc) is 2.74. The monoisotopic (exact) mass is 447 g/mol. The molecular formula is C21H37NO5S2. The fraction of sp³-hybridized carbons (Fsp3) is 0.714. The Morgan fingerprint density at radius 1 is 0.966 bits per heavy atom. The summed E-state index contributed by atoms with van der Waals surface area (Å²) in [6.45, 7) is 3.55. The number of aliphatic hydroxyl groups is 4. The Kier molecular flexibility index (Phi) is 14.0. The van der Waals surface area contributed by atoms with Crippen molar-refractivity contribution in [2.45, 2.75) is 62.4 Å². The number of hydrogen-bond donors (Lipinski definition) is 6. The van der Waals surface area contributed by atoms with Crippen LogP contribution in [0.15, 0.2) is 18.2 Å². The summed E-state index contributed by atoms with van der Waals surface area (Å²) < 4.78 is 5.88. The number of hydrogen-bond acceptors (Lipinski definition) is 8. The van der Waals surface area contributed by atoms with Crippen molar-refractivity contribution in [3.63, 3.8) is 0 Å². The third-order valence-corrected chi connectivity index (χ3v) is 5.62. The predicted octanol–water partition coefficient (Wildman–Crippen LogP) is 1.88. The van der Waals surface area contributed by atoms with Gasteiger partial charge in [0.05, 0.1) is 12.7 Å². The third kappa shape index (κ3) is 9.91. The summed E-state index contributed by atoms with van der Waals surface area (Å²) in [7, 11) is 0. The summed E-state index contributed by atoms with van der Waals surface area (Å²) in [5, 5.41) is 38.7. The fourth-order valence-electron chi connectivity index (χ4n) is 3.08. The maximum absolute atomic E-state index is 10.2. The van der Waals surface area contributed by atoms with E-state index in [1.165, 1.54) is 0 Å². The highest BCUT2D eigenvalue weighted by molar-refractivity contribution is 7.79. The van der Waals surface area contributed by atoms with Gasteiger partial charge in [0.25, 0.3) is 0 Å². The molecule has 0 bridgehead atoms. The number of ether oxygens (including phenoxy) is 1. The number of unbranched alkanes of at least 4 members (excludes halogenated alkanes) is 3. The Morgan fingerprint density at radius 3 is 2.31 bits per heavy atom. The van der Waals surface area contributed by atoms with Gasteiger partial charge in [0.1, 0.15) is 24.6 Å². The van der Waals surface area contributed by atoms with Gasteiger partial charge in [0, 0.05) is 24.6 Å². The van der Waals surface area contributed by atoms with Crippen LogP contribution in [0.25, 0.3) is 0 Å². The van der Waals surface area contributed by atoms with Crippen LogP contribution in [-0.4, -0.2) is 76.5 Å². The standard InChI is InChI=1S/C21H37NO5S2/c1-2-3-4-5-8-22(12-19(24)21(26)20(25)13-23)9-10-27-18-7-6-16(14-28)17(11-18)15-29/h6-7,11,19-21,23-26,28-29H,2-5,8-10,12-15H2,1H3/t19-,20+,21+/m0/s1. The van der Waals surface area contributed by atoms with Crippen LogP contribution in [0, 0.1) is 0 Å². The lowest BCUT2D eigenvalue weighted by atomic mass is 10.1. The highest BCUT2D eigenvalue weighted by Crippen LogP contribution is 2.21. The molecule has 0 aliphatic rings. The zero-order valence-electron chi connectivity index (χ0n) is 17.3. The molecule has 1 aromatic rings. The number of thiol groups is 2. The van der Waals surface area contributed by atoms with Crippen molar-refractivity contribution in [3.8, 4) is 5.75 Å². The van der Waals surface area contributed by atoms with Crippen LogP contribution in [0.3, 0.4) is 0 Å². The molecule has 168 valence electrons.